The Morgan fingerprint density at radius 3 is 2.00 bits per heavy atom. The van der Waals surface area contributed by atoms with Crippen molar-refractivity contribution in [2.45, 2.75) is 45.8 Å². The lowest BCUT2D eigenvalue weighted by atomic mass is 10.0. The quantitative estimate of drug-likeness (QED) is 0.362. The molecule has 0 radical (unpaired) electrons. The molecule has 1 aromatic heterocycles. The van der Waals surface area contributed by atoms with Crippen molar-refractivity contribution in [3.63, 3.8) is 0 Å². The average molecular weight is 507 g/mol. The lowest BCUT2D eigenvalue weighted by molar-refractivity contribution is -0.670. The lowest BCUT2D eigenvalue weighted by Gasteiger charge is -2.38. The van der Waals surface area contributed by atoms with Gasteiger partial charge in [0.25, 0.3) is 6.33 Å². The molecule has 0 saturated carbocycles. The van der Waals surface area contributed by atoms with Crippen LogP contribution in [0.15, 0.2) is 18.7 Å². The van der Waals surface area contributed by atoms with E-state index in [1.54, 1.807) is 67.7 Å². The molecule has 0 unspecified atom stereocenters. The topological polar surface area (TPSA) is 87.8 Å². The van der Waals surface area contributed by atoms with Gasteiger partial charge in [-0.3, -0.25) is 4.79 Å². The summed E-state index contributed by atoms with van der Waals surface area (Å²) in [6, 6.07) is -0.117. The number of aromatic nitrogens is 2. The van der Waals surface area contributed by atoms with Gasteiger partial charge >= 0.3 is 12.1 Å². The van der Waals surface area contributed by atoms with Crippen LogP contribution < -0.4 is 33.9 Å². The van der Waals surface area contributed by atoms with Crippen LogP contribution in [0.4, 0.5) is 9.59 Å². The zero-order valence-corrected chi connectivity index (χ0v) is 19.5. The van der Waals surface area contributed by atoms with Crippen LogP contribution in [-0.4, -0.2) is 69.7 Å². The molecule has 1 aliphatic rings. The molecule has 2 heterocycles. The van der Waals surface area contributed by atoms with Gasteiger partial charge in [-0.25, -0.2) is 14.2 Å². The minimum absolute atomic E-state index is 0. The first-order valence-electron chi connectivity index (χ1n) is 9.02. The van der Waals surface area contributed by atoms with Crippen molar-refractivity contribution >= 4 is 18.0 Å². The first-order chi connectivity index (χ1) is 12.4. The van der Waals surface area contributed by atoms with Crippen LogP contribution in [0.1, 0.15) is 34.6 Å². The number of hydrogen-bond acceptors (Lipinski definition) is 4. The standard InChI is InChI=1S/C18H29N5O4.HI/c1-17(2,3)27-15(25)19-18(4,5)14(24)21-9-11-22(12-10-21)16(26)23-8-7-20(6)13-23;/h7-8,13H,9-12H2,1-6H3;1H. The number of alkyl carbamates (subject to hydrolysis) is 1. The highest BCUT2D eigenvalue weighted by molar-refractivity contribution is 5.89. The number of nitrogens with one attached hydrogen (secondary N) is 1. The van der Waals surface area contributed by atoms with Crippen molar-refractivity contribution in [1.82, 2.24) is 19.7 Å². The Bertz CT molecular complexity index is 718. The van der Waals surface area contributed by atoms with Crippen LogP contribution in [0.5, 0.6) is 0 Å². The fourth-order valence-electron chi connectivity index (χ4n) is 2.83. The molecule has 28 heavy (non-hydrogen) atoms. The number of nitrogens with zero attached hydrogens (tertiary/aromatic N) is 4. The molecule has 0 atom stereocenters. The number of ether oxygens (including phenoxy) is 1. The van der Waals surface area contributed by atoms with Crippen LogP contribution in [0, 0.1) is 0 Å². The van der Waals surface area contributed by atoms with Crippen LogP contribution in [0.2, 0.25) is 0 Å². The SMILES string of the molecule is C[n+]1ccn(C(=O)N2CCN(C(=O)C(C)(C)NC(=O)OC(C)(C)C)CC2)c1.[I-]. The Kier molecular flexibility index (Phi) is 7.86. The predicted octanol–water partition coefficient (Wildman–Crippen LogP) is -2.27. The zero-order valence-electron chi connectivity index (χ0n) is 17.4. The predicted molar refractivity (Wildman–Crippen MR) is 98.0 cm³/mol. The number of hydrogen-bond donors (Lipinski definition) is 1. The van der Waals surface area contributed by atoms with E-state index in [0.29, 0.717) is 26.2 Å². The fourth-order valence-corrected chi connectivity index (χ4v) is 2.83. The highest BCUT2D eigenvalue weighted by Gasteiger charge is 2.37. The Labute approximate surface area is 183 Å². The van der Waals surface area contributed by atoms with Gasteiger partial charge in [-0.15, -0.1) is 0 Å². The molecule has 2 rings (SSSR count). The maximum absolute atomic E-state index is 12.8. The van der Waals surface area contributed by atoms with Gasteiger partial charge < -0.3 is 43.8 Å². The maximum Gasteiger partial charge on any atom is 0.415 e. The van der Waals surface area contributed by atoms with Gasteiger partial charge in [0.2, 0.25) is 5.91 Å². The number of carbonyl (C=O) groups is 3. The van der Waals surface area contributed by atoms with Gasteiger partial charge in [0.05, 0.1) is 7.05 Å². The number of aryl methyl sites for hydroxylation is 1. The first-order valence-corrected chi connectivity index (χ1v) is 9.02. The van der Waals surface area contributed by atoms with E-state index in [9.17, 15) is 14.4 Å². The largest absolute Gasteiger partial charge is 1.00 e. The van der Waals surface area contributed by atoms with Crippen LogP contribution >= 0.6 is 0 Å². The second-order valence-electron chi connectivity index (χ2n) is 8.30. The molecule has 0 aliphatic carbocycles. The highest BCUT2D eigenvalue weighted by Crippen LogP contribution is 2.14. The van der Waals surface area contributed by atoms with Crippen molar-refractivity contribution in [3.8, 4) is 0 Å². The Balaban J connectivity index is 0.00000392. The third kappa shape index (κ3) is 6.35. The van der Waals surface area contributed by atoms with E-state index in [0.717, 1.165) is 0 Å². The van der Waals surface area contributed by atoms with Crippen LogP contribution in [-0.2, 0) is 16.6 Å². The van der Waals surface area contributed by atoms with Gasteiger partial charge in [0.1, 0.15) is 23.5 Å². The number of imidazole rings is 1. The molecule has 0 bridgehead atoms. The van der Waals surface area contributed by atoms with E-state index in [-0.39, 0.29) is 35.9 Å². The van der Waals surface area contributed by atoms with Crippen LogP contribution in [0.25, 0.3) is 0 Å². The van der Waals surface area contributed by atoms with Gasteiger partial charge in [-0.1, -0.05) is 0 Å². The van der Waals surface area contributed by atoms with Gasteiger partial charge in [-0.05, 0) is 34.6 Å². The third-order valence-corrected chi connectivity index (χ3v) is 4.18. The Morgan fingerprint density at radius 1 is 1.00 bits per heavy atom. The van der Waals surface area contributed by atoms with Crippen molar-refractivity contribution in [2.75, 3.05) is 26.2 Å². The monoisotopic (exact) mass is 507 g/mol. The summed E-state index contributed by atoms with van der Waals surface area (Å²) in [5.74, 6) is -0.201. The van der Waals surface area contributed by atoms with E-state index in [4.69, 9.17) is 4.74 Å². The molecular formula is C18H30IN5O4. The summed E-state index contributed by atoms with van der Waals surface area (Å²) in [5.41, 5.74) is -1.73. The van der Waals surface area contributed by atoms with Gasteiger partial charge in [0.15, 0.2) is 0 Å². The van der Waals surface area contributed by atoms with Crippen molar-refractivity contribution in [1.29, 1.82) is 0 Å². The number of amides is 3. The molecule has 1 aliphatic heterocycles. The molecular weight excluding hydrogens is 477 g/mol. The summed E-state index contributed by atoms with van der Waals surface area (Å²) in [6.45, 7) is 10.3. The Morgan fingerprint density at radius 2 is 1.54 bits per heavy atom. The van der Waals surface area contributed by atoms with E-state index in [1.165, 1.54) is 4.57 Å². The number of carbonyl (C=O) groups excluding carboxylic acids is 3. The van der Waals surface area contributed by atoms with E-state index in [2.05, 4.69) is 5.32 Å². The number of rotatable bonds is 2. The second-order valence-corrected chi connectivity index (χ2v) is 8.30. The number of piperazine rings is 1. The smallest absolute Gasteiger partial charge is 0.415 e. The molecule has 158 valence electrons. The summed E-state index contributed by atoms with van der Waals surface area (Å²) < 4.78 is 8.55. The molecule has 0 aromatic carbocycles. The highest BCUT2D eigenvalue weighted by atomic mass is 127. The first kappa shape index (κ1) is 24.2. The average Bonchev–Trinajstić information content (AvgIpc) is 2.97. The summed E-state index contributed by atoms with van der Waals surface area (Å²) in [4.78, 5) is 40.6. The molecule has 1 fully saturated rings. The van der Waals surface area contributed by atoms with E-state index in [1.807, 2.05) is 7.05 Å². The summed E-state index contributed by atoms with van der Waals surface area (Å²) in [6.07, 6.45) is 4.57. The molecule has 0 spiro atoms. The van der Waals surface area contributed by atoms with Gasteiger partial charge in [0, 0.05) is 26.2 Å². The molecule has 9 nitrogen and oxygen atoms in total. The summed E-state index contributed by atoms with van der Waals surface area (Å²) >= 11 is 0. The molecule has 10 heteroatoms. The van der Waals surface area contributed by atoms with E-state index < -0.39 is 17.2 Å². The minimum atomic E-state index is -1.09. The second kappa shape index (κ2) is 9.10. The normalized spacial score (nSPS) is 14.9. The lowest BCUT2D eigenvalue weighted by Crippen LogP contribution is -3.00. The zero-order chi connectivity index (χ0) is 20.4. The Hall–Kier alpha value is -1.85. The molecule has 1 saturated heterocycles. The summed E-state index contributed by atoms with van der Waals surface area (Å²) in [5, 5.41) is 2.63. The molecule has 1 N–H and O–H groups in total. The maximum atomic E-state index is 12.8. The van der Waals surface area contributed by atoms with Gasteiger partial charge in [-0.2, -0.15) is 4.57 Å². The van der Waals surface area contributed by atoms with Crippen molar-refractivity contribution < 1.29 is 47.7 Å². The van der Waals surface area contributed by atoms with Crippen LogP contribution in [0.3, 0.4) is 0 Å². The molecule has 3 amide bonds. The minimum Gasteiger partial charge on any atom is -1.00 e. The fraction of sp³-hybridized carbons (Fsp3) is 0.667. The number of halogens is 1. The van der Waals surface area contributed by atoms with E-state index >= 15 is 0 Å². The van der Waals surface area contributed by atoms with Crippen molar-refractivity contribution in [2.24, 2.45) is 7.05 Å². The molecule has 1 aromatic rings. The van der Waals surface area contributed by atoms with Crippen molar-refractivity contribution in [3.05, 3.63) is 18.7 Å². The third-order valence-electron chi connectivity index (χ3n) is 4.18. The summed E-state index contributed by atoms with van der Waals surface area (Å²) in [7, 11) is 1.85.